The van der Waals surface area contributed by atoms with E-state index in [2.05, 4.69) is 42.7 Å². The molecule has 6 heteroatoms. The van der Waals surface area contributed by atoms with Crippen LogP contribution < -0.4 is 10.2 Å². The Hall–Kier alpha value is -2.73. The molecule has 0 amide bonds. The molecule has 0 aliphatic carbocycles. The quantitative estimate of drug-likeness (QED) is 0.725. The molecule has 1 fully saturated rings. The van der Waals surface area contributed by atoms with Gasteiger partial charge in [0.05, 0.1) is 11.9 Å². The number of aromatic amines is 1. The van der Waals surface area contributed by atoms with E-state index in [0.717, 1.165) is 31.1 Å². The maximum absolute atomic E-state index is 4.26. The van der Waals surface area contributed by atoms with Crippen molar-refractivity contribution >= 4 is 5.82 Å². The van der Waals surface area contributed by atoms with Gasteiger partial charge in [-0.15, -0.1) is 5.10 Å². The van der Waals surface area contributed by atoms with E-state index >= 15 is 0 Å². The average molecular weight is 334 g/mol. The number of nitrogens with one attached hydrogen (secondary N) is 2. The molecule has 25 heavy (non-hydrogen) atoms. The average Bonchev–Trinajstić information content (AvgIpc) is 3.33. The van der Waals surface area contributed by atoms with E-state index < -0.39 is 0 Å². The molecule has 1 unspecified atom stereocenters. The molecule has 1 aliphatic heterocycles. The van der Waals surface area contributed by atoms with E-state index in [9.17, 15) is 0 Å². The summed E-state index contributed by atoms with van der Waals surface area (Å²) in [6.45, 7) is 2.77. The number of nitrogens with zero attached hydrogens (tertiary/aromatic N) is 4. The summed E-state index contributed by atoms with van der Waals surface area (Å²) >= 11 is 0. The van der Waals surface area contributed by atoms with Crippen molar-refractivity contribution in [2.75, 3.05) is 18.0 Å². The minimum atomic E-state index is 0.462. The van der Waals surface area contributed by atoms with Crippen molar-refractivity contribution in [2.45, 2.75) is 25.4 Å². The van der Waals surface area contributed by atoms with Gasteiger partial charge in [-0.1, -0.05) is 30.3 Å². The lowest BCUT2D eigenvalue weighted by atomic mass is 10.1. The molecule has 3 aromatic rings. The number of aromatic nitrogens is 4. The number of H-pyrrole nitrogens is 1. The molecule has 128 valence electrons. The van der Waals surface area contributed by atoms with Crippen LogP contribution in [-0.2, 0) is 6.54 Å². The van der Waals surface area contributed by atoms with E-state index in [1.54, 1.807) is 6.20 Å². The van der Waals surface area contributed by atoms with Crippen molar-refractivity contribution in [3.8, 4) is 11.3 Å². The van der Waals surface area contributed by atoms with Crippen LogP contribution in [0.2, 0.25) is 0 Å². The van der Waals surface area contributed by atoms with Crippen molar-refractivity contribution in [1.29, 1.82) is 0 Å². The highest BCUT2D eigenvalue weighted by Gasteiger charge is 2.25. The second kappa shape index (κ2) is 7.44. The molecule has 0 saturated carbocycles. The lowest BCUT2D eigenvalue weighted by molar-refractivity contribution is 0.570. The summed E-state index contributed by atoms with van der Waals surface area (Å²) in [5, 5.41) is 19.2. The Morgan fingerprint density at radius 1 is 1.16 bits per heavy atom. The summed E-state index contributed by atoms with van der Waals surface area (Å²) in [7, 11) is 0. The Bertz CT molecular complexity index is 786. The zero-order chi connectivity index (χ0) is 16.9. The van der Waals surface area contributed by atoms with Gasteiger partial charge >= 0.3 is 0 Å². The van der Waals surface area contributed by atoms with Crippen molar-refractivity contribution in [3.05, 3.63) is 60.4 Å². The summed E-state index contributed by atoms with van der Waals surface area (Å²) in [6.07, 6.45) is 6.01. The van der Waals surface area contributed by atoms with Gasteiger partial charge in [-0.25, -0.2) is 0 Å². The van der Waals surface area contributed by atoms with E-state index in [1.807, 2.05) is 36.5 Å². The topological polar surface area (TPSA) is 69.7 Å². The molecule has 1 saturated heterocycles. The zero-order valence-electron chi connectivity index (χ0n) is 14.1. The largest absolute Gasteiger partial charge is 0.351 e. The lowest BCUT2D eigenvalue weighted by Gasteiger charge is -2.25. The number of benzene rings is 1. The minimum Gasteiger partial charge on any atom is -0.351 e. The predicted molar refractivity (Wildman–Crippen MR) is 98.1 cm³/mol. The summed E-state index contributed by atoms with van der Waals surface area (Å²) in [4.78, 5) is 2.35. The fourth-order valence-electron chi connectivity index (χ4n) is 3.47. The van der Waals surface area contributed by atoms with Crippen LogP contribution in [0.5, 0.6) is 0 Å². The van der Waals surface area contributed by atoms with E-state index in [0.29, 0.717) is 6.04 Å². The standard InChI is InChI=1S/C19H22N6/c1-2-6-15(7-3-1)19-16(13-22-24-19)12-20-14-17-8-5-11-25(17)18-9-4-10-21-23-18/h1-4,6-7,9-10,13,17,20H,5,8,11-12,14H2,(H,22,24). The number of anilines is 1. The van der Waals surface area contributed by atoms with E-state index in [4.69, 9.17) is 0 Å². The van der Waals surface area contributed by atoms with Gasteiger partial charge in [0.2, 0.25) is 0 Å². The molecule has 2 aromatic heterocycles. The minimum absolute atomic E-state index is 0.462. The summed E-state index contributed by atoms with van der Waals surface area (Å²) in [5.41, 5.74) is 3.44. The van der Waals surface area contributed by atoms with E-state index in [-0.39, 0.29) is 0 Å². The summed E-state index contributed by atoms with van der Waals surface area (Å²) in [5.74, 6) is 0.972. The zero-order valence-corrected chi connectivity index (χ0v) is 14.1. The van der Waals surface area contributed by atoms with Crippen molar-refractivity contribution in [2.24, 2.45) is 0 Å². The highest BCUT2D eigenvalue weighted by molar-refractivity contribution is 5.62. The molecule has 3 heterocycles. The maximum atomic E-state index is 4.26. The summed E-state index contributed by atoms with van der Waals surface area (Å²) < 4.78 is 0. The van der Waals surface area contributed by atoms with Gasteiger partial charge in [-0.3, -0.25) is 5.10 Å². The highest BCUT2D eigenvalue weighted by atomic mass is 15.3. The first-order valence-electron chi connectivity index (χ1n) is 8.74. The van der Waals surface area contributed by atoms with Crippen LogP contribution in [0.15, 0.2) is 54.9 Å². The molecule has 0 radical (unpaired) electrons. The molecule has 1 atom stereocenters. The van der Waals surface area contributed by atoms with Crippen LogP contribution >= 0.6 is 0 Å². The molecule has 0 bridgehead atoms. The Morgan fingerprint density at radius 2 is 2.08 bits per heavy atom. The van der Waals surface area contributed by atoms with Crippen LogP contribution in [-0.4, -0.2) is 39.5 Å². The molecule has 6 nitrogen and oxygen atoms in total. The third-order valence-electron chi connectivity index (χ3n) is 4.71. The number of hydrogen-bond donors (Lipinski definition) is 2. The monoisotopic (exact) mass is 334 g/mol. The Morgan fingerprint density at radius 3 is 2.92 bits per heavy atom. The third-order valence-corrected chi connectivity index (χ3v) is 4.71. The lowest BCUT2D eigenvalue weighted by Crippen LogP contribution is -2.38. The Balaban J connectivity index is 1.38. The maximum Gasteiger partial charge on any atom is 0.151 e. The molecule has 4 rings (SSSR count). The normalized spacial score (nSPS) is 17.1. The second-order valence-electron chi connectivity index (χ2n) is 6.34. The number of rotatable bonds is 6. The first kappa shape index (κ1) is 15.8. The first-order chi connectivity index (χ1) is 12.4. The fourth-order valence-corrected chi connectivity index (χ4v) is 3.47. The predicted octanol–water partition coefficient (Wildman–Crippen LogP) is 2.63. The van der Waals surface area contributed by atoms with Crippen molar-refractivity contribution in [3.63, 3.8) is 0 Å². The van der Waals surface area contributed by atoms with Gasteiger partial charge in [0.15, 0.2) is 5.82 Å². The van der Waals surface area contributed by atoms with Gasteiger partial charge in [0.1, 0.15) is 0 Å². The van der Waals surface area contributed by atoms with Crippen LogP contribution in [0.25, 0.3) is 11.3 Å². The molecule has 0 spiro atoms. The second-order valence-corrected chi connectivity index (χ2v) is 6.34. The summed E-state index contributed by atoms with van der Waals surface area (Å²) in [6, 6.07) is 14.8. The third kappa shape index (κ3) is 3.53. The van der Waals surface area contributed by atoms with E-state index in [1.165, 1.54) is 24.0 Å². The molecular weight excluding hydrogens is 312 g/mol. The van der Waals surface area contributed by atoms with Crippen molar-refractivity contribution < 1.29 is 0 Å². The van der Waals surface area contributed by atoms with Crippen LogP contribution in [0.3, 0.4) is 0 Å². The van der Waals surface area contributed by atoms with Gasteiger partial charge in [-0.2, -0.15) is 10.2 Å². The number of hydrogen-bond acceptors (Lipinski definition) is 5. The van der Waals surface area contributed by atoms with Gasteiger partial charge in [0, 0.05) is 37.4 Å². The van der Waals surface area contributed by atoms with Gasteiger partial charge in [-0.05, 0) is 30.5 Å². The molecular formula is C19H22N6. The molecule has 2 N–H and O–H groups in total. The fraction of sp³-hybridized carbons (Fsp3) is 0.316. The van der Waals surface area contributed by atoms with Gasteiger partial charge in [0.25, 0.3) is 0 Å². The van der Waals surface area contributed by atoms with Crippen LogP contribution in [0.4, 0.5) is 5.82 Å². The Labute approximate surface area is 147 Å². The van der Waals surface area contributed by atoms with Crippen LogP contribution in [0.1, 0.15) is 18.4 Å². The smallest absolute Gasteiger partial charge is 0.151 e. The van der Waals surface area contributed by atoms with Crippen LogP contribution in [0, 0.1) is 0 Å². The molecule has 1 aromatic carbocycles. The molecule has 1 aliphatic rings. The highest BCUT2D eigenvalue weighted by Crippen LogP contribution is 2.23. The SMILES string of the molecule is c1ccc(-c2[nH]ncc2CNCC2CCCN2c2cccnn2)cc1. The first-order valence-corrected chi connectivity index (χ1v) is 8.74. The van der Waals surface area contributed by atoms with Crippen molar-refractivity contribution in [1.82, 2.24) is 25.7 Å². The Kier molecular flexibility index (Phi) is 4.70. The van der Waals surface area contributed by atoms with Gasteiger partial charge < -0.3 is 10.2 Å².